The second-order valence-electron chi connectivity index (χ2n) is 6.71. The first kappa shape index (κ1) is 20.0. The first-order chi connectivity index (χ1) is 12.5. The molecule has 0 saturated carbocycles. The lowest BCUT2D eigenvalue weighted by molar-refractivity contribution is -0.122. The van der Waals surface area contributed by atoms with Crippen molar-refractivity contribution in [3.05, 3.63) is 29.8 Å². The molecule has 1 N–H and O–H groups in total. The van der Waals surface area contributed by atoms with Crippen molar-refractivity contribution < 1.29 is 14.3 Å². The summed E-state index contributed by atoms with van der Waals surface area (Å²) < 4.78 is 5.55. The molecule has 1 aromatic carbocycles. The van der Waals surface area contributed by atoms with Crippen LogP contribution in [-0.2, 0) is 11.3 Å². The van der Waals surface area contributed by atoms with Crippen molar-refractivity contribution in [2.45, 2.75) is 19.9 Å². The van der Waals surface area contributed by atoms with Gasteiger partial charge in [-0.1, -0.05) is 19.1 Å². The molecule has 0 bridgehead atoms. The fourth-order valence-corrected chi connectivity index (χ4v) is 2.76. The van der Waals surface area contributed by atoms with Crippen LogP contribution in [0.3, 0.4) is 0 Å². The molecule has 26 heavy (non-hydrogen) atoms. The number of urea groups is 1. The van der Waals surface area contributed by atoms with Gasteiger partial charge in [-0.3, -0.25) is 9.69 Å². The highest BCUT2D eigenvalue weighted by molar-refractivity contribution is 5.78. The average molecular weight is 362 g/mol. The highest BCUT2D eigenvalue weighted by Gasteiger charge is 2.23. The Morgan fingerprint density at radius 2 is 1.77 bits per heavy atom. The molecule has 0 aliphatic carbocycles. The maximum atomic E-state index is 12.2. The van der Waals surface area contributed by atoms with Crippen LogP contribution in [-0.4, -0.2) is 80.1 Å². The molecule has 7 heteroatoms. The fraction of sp³-hybridized carbons (Fsp3) is 0.579. The van der Waals surface area contributed by atoms with Gasteiger partial charge in [0, 0.05) is 46.8 Å². The molecular weight excluding hydrogens is 332 g/mol. The summed E-state index contributed by atoms with van der Waals surface area (Å²) in [6.45, 7) is 6.40. The van der Waals surface area contributed by atoms with E-state index in [9.17, 15) is 9.59 Å². The Kier molecular flexibility index (Phi) is 7.72. The molecule has 144 valence electrons. The van der Waals surface area contributed by atoms with Crippen molar-refractivity contribution in [2.75, 3.05) is 53.4 Å². The lowest BCUT2D eigenvalue weighted by Crippen LogP contribution is -2.53. The van der Waals surface area contributed by atoms with Gasteiger partial charge in [0.25, 0.3) is 0 Å². The molecular formula is C19H30N4O3. The van der Waals surface area contributed by atoms with Gasteiger partial charge in [0.05, 0.1) is 13.2 Å². The Balaban J connectivity index is 1.68. The average Bonchev–Trinajstić information content (AvgIpc) is 2.65. The second-order valence-corrected chi connectivity index (χ2v) is 6.71. The maximum Gasteiger partial charge on any atom is 0.319 e. The van der Waals surface area contributed by atoms with Crippen LogP contribution in [0.5, 0.6) is 5.75 Å². The molecule has 3 amide bonds. The van der Waals surface area contributed by atoms with Crippen molar-refractivity contribution >= 4 is 11.9 Å². The van der Waals surface area contributed by atoms with Gasteiger partial charge >= 0.3 is 6.03 Å². The Morgan fingerprint density at radius 3 is 2.35 bits per heavy atom. The van der Waals surface area contributed by atoms with E-state index in [0.29, 0.717) is 32.8 Å². The number of amides is 3. The molecule has 1 aliphatic heterocycles. The zero-order chi connectivity index (χ0) is 18.9. The molecule has 2 rings (SSSR count). The van der Waals surface area contributed by atoms with Crippen molar-refractivity contribution in [3.63, 3.8) is 0 Å². The molecule has 1 aliphatic rings. The molecule has 0 atom stereocenters. The lowest BCUT2D eigenvalue weighted by atomic mass is 10.2. The highest BCUT2D eigenvalue weighted by Crippen LogP contribution is 2.12. The molecule has 0 aromatic heterocycles. The highest BCUT2D eigenvalue weighted by atomic mass is 16.5. The molecule has 1 fully saturated rings. The van der Waals surface area contributed by atoms with Crippen LogP contribution in [0.1, 0.15) is 18.9 Å². The van der Waals surface area contributed by atoms with E-state index in [1.807, 2.05) is 29.2 Å². The van der Waals surface area contributed by atoms with Gasteiger partial charge < -0.3 is 19.9 Å². The number of ether oxygens (including phenoxy) is 1. The number of hydrogen-bond acceptors (Lipinski definition) is 4. The van der Waals surface area contributed by atoms with Gasteiger partial charge in [0.15, 0.2) is 0 Å². The lowest BCUT2D eigenvalue weighted by Gasteiger charge is -2.35. The maximum absolute atomic E-state index is 12.2. The van der Waals surface area contributed by atoms with E-state index in [1.165, 1.54) is 0 Å². The standard InChI is InChI=1S/C19H30N4O3/c1-4-13-26-17-7-5-16(6-8-17)14-20-18(24)15-22-9-11-23(12-10-22)19(25)21(2)3/h5-8H,4,9-15H2,1-3H3,(H,20,24). The molecule has 1 aromatic rings. The molecule has 1 heterocycles. The minimum Gasteiger partial charge on any atom is -0.494 e. The number of rotatable bonds is 7. The van der Waals surface area contributed by atoms with E-state index in [0.717, 1.165) is 30.8 Å². The van der Waals surface area contributed by atoms with E-state index in [4.69, 9.17) is 4.74 Å². The Hall–Kier alpha value is -2.28. The predicted octanol–water partition coefficient (Wildman–Crippen LogP) is 1.39. The van der Waals surface area contributed by atoms with E-state index in [2.05, 4.69) is 17.1 Å². The molecule has 0 unspecified atom stereocenters. The largest absolute Gasteiger partial charge is 0.494 e. The normalized spacial score (nSPS) is 14.8. The van der Waals surface area contributed by atoms with E-state index < -0.39 is 0 Å². The van der Waals surface area contributed by atoms with Crippen molar-refractivity contribution in [3.8, 4) is 5.75 Å². The van der Waals surface area contributed by atoms with Gasteiger partial charge in [-0.15, -0.1) is 0 Å². The summed E-state index contributed by atoms with van der Waals surface area (Å²) >= 11 is 0. The fourth-order valence-electron chi connectivity index (χ4n) is 2.76. The molecule has 7 nitrogen and oxygen atoms in total. The van der Waals surface area contributed by atoms with Crippen LogP contribution in [0.2, 0.25) is 0 Å². The second kappa shape index (κ2) is 10.0. The van der Waals surface area contributed by atoms with Crippen molar-refractivity contribution in [1.29, 1.82) is 0 Å². The molecule has 0 radical (unpaired) electrons. The van der Waals surface area contributed by atoms with Crippen LogP contribution in [0.25, 0.3) is 0 Å². The third-order valence-corrected chi connectivity index (χ3v) is 4.28. The van der Waals surface area contributed by atoms with Crippen LogP contribution < -0.4 is 10.1 Å². The van der Waals surface area contributed by atoms with Gasteiger partial charge in [-0.25, -0.2) is 4.79 Å². The third kappa shape index (κ3) is 6.22. The minimum atomic E-state index is 0.00342. The number of carbonyl (C=O) groups is 2. The van der Waals surface area contributed by atoms with E-state index in [-0.39, 0.29) is 11.9 Å². The first-order valence-electron chi connectivity index (χ1n) is 9.16. The topological polar surface area (TPSA) is 65.1 Å². The van der Waals surface area contributed by atoms with Crippen LogP contribution >= 0.6 is 0 Å². The number of nitrogens with one attached hydrogen (secondary N) is 1. The number of piperazine rings is 1. The summed E-state index contributed by atoms with van der Waals surface area (Å²) in [6, 6.07) is 7.82. The SMILES string of the molecule is CCCOc1ccc(CNC(=O)CN2CCN(C(=O)N(C)C)CC2)cc1. The zero-order valence-corrected chi connectivity index (χ0v) is 16.0. The summed E-state index contributed by atoms with van der Waals surface area (Å²) in [4.78, 5) is 29.5. The summed E-state index contributed by atoms with van der Waals surface area (Å²) in [7, 11) is 3.51. The van der Waals surface area contributed by atoms with Crippen molar-refractivity contribution in [1.82, 2.24) is 20.0 Å². The Labute approximate surface area is 155 Å². The Morgan fingerprint density at radius 1 is 1.12 bits per heavy atom. The van der Waals surface area contributed by atoms with Gasteiger partial charge in [0.1, 0.15) is 5.75 Å². The van der Waals surface area contributed by atoms with Gasteiger partial charge in [-0.05, 0) is 24.1 Å². The predicted molar refractivity (Wildman–Crippen MR) is 101 cm³/mol. The monoisotopic (exact) mass is 362 g/mol. The third-order valence-electron chi connectivity index (χ3n) is 4.28. The number of benzene rings is 1. The number of carbonyl (C=O) groups excluding carboxylic acids is 2. The minimum absolute atomic E-state index is 0.00342. The van der Waals surface area contributed by atoms with Gasteiger partial charge in [-0.2, -0.15) is 0 Å². The molecule has 0 spiro atoms. The smallest absolute Gasteiger partial charge is 0.319 e. The van der Waals surface area contributed by atoms with Crippen molar-refractivity contribution in [2.24, 2.45) is 0 Å². The first-order valence-corrected chi connectivity index (χ1v) is 9.16. The van der Waals surface area contributed by atoms with Crippen LogP contribution in [0, 0.1) is 0 Å². The Bertz CT molecular complexity index is 581. The van der Waals surface area contributed by atoms with E-state index in [1.54, 1.807) is 19.0 Å². The summed E-state index contributed by atoms with van der Waals surface area (Å²) in [6.07, 6.45) is 0.982. The summed E-state index contributed by atoms with van der Waals surface area (Å²) in [5.41, 5.74) is 1.04. The van der Waals surface area contributed by atoms with Gasteiger partial charge in [0.2, 0.25) is 5.91 Å². The molecule has 1 saturated heterocycles. The number of nitrogens with zero attached hydrogens (tertiary/aromatic N) is 3. The van der Waals surface area contributed by atoms with Crippen LogP contribution in [0.15, 0.2) is 24.3 Å². The summed E-state index contributed by atoms with van der Waals surface area (Å²) in [5, 5.41) is 2.95. The number of hydrogen-bond donors (Lipinski definition) is 1. The zero-order valence-electron chi connectivity index (χ0n) is 16.0. The van der Waals surface area contributed by atoms with E-state index >= 15 is 0 Å². The summed E-state index contributed by atoms with van der Waals surface area (Å²) in [5.74, 6) is 0.857. The quantitative estimate of drug-likeness (QED) is 0.796. The van der Waals surface area contributed by atoms with Crippen LogP contribution in [0.4, 0.5) is 4.79 Å².